The van der Waals surface area contributed by atoms with Gasteiger partial charge in [0.2, 0.25) is 0 Å². The molecule has 0 saturated heterocycles. The fourth-order valence-electron chi connectivity index (χ4n) is 0. The minimum Gasteiger partial charge on any atom is -0.396 e. The molecule has 0 aromatic carbocycles. The molecule has 0 heterocycles. The van der Waals surface area contributed by atoms with Gasteiger partial charge in [0.25, 0.3) is 0 Å². The maximum Gasteiger partial charge on any atom is 0.0428 e. The molecule has 0 spiro atoms. The normalized spacial score (nSPS) is 6.57. The van der Waals surface area contributed by atoms with Crippen molar-refractivity contribution in [3.8, 4) is 0 Å². The monoisotopic (exact) mass is 118 g/mol. The van der Waals surface area contributed by atoms with Crippen molar-refractivity contribution in [3.63, 3.8) is 0 Å². The van der Waals surface area contributed by atoms with Crippen LogP contribution in [0.25, 0.3) is 0 Å². The van der Waals surface area contributed by atoms with Crippen molar-refractivity contribution in [1.82, 2.24) is 0 Å². The van der Waals surface area contributed by atoms with Crippen molar-refractivity contribution in [2.75, 3.05) is 6.61 Å². The number of aliphatic hydroxyl groups excluding tert-OH is 1. The largest absolute Gasteiger partial charge is 0.396 e. The zero-order valence-corrected chi connectivity index (χ0v) is 7.15. The van der Waals surface area contributed by atoms with Crippen LogP contribution < -0.4 is 0 Å². The molecule has 0 rings (SSSR count). The second kappa shape index (κ2) is 16.8. The lowest BCUT2D eigenvalue weighted by Crippen LogP contribution is -1.69. The zero-order chi connectivity index (χ0) is 6.12. The van der Waals surface area contributed by atoms with Gasteiger partial charge in [0, 0.05) is 16.8 Å². The summed E-state index contributed by atoms with van der Waals surface area (Å²) < 4.78 is 0. The lowest BCUT2D eigenvalue weighted by atomic mass is 10.5. The van der Waals surface area contributed by atoms with Crippen molar-refractivity contribution in [2.24, 2.45) is 0 Å². The lowest BCUT2D eigenvalue weighted by Gasteiger charge is -1.69. The molecular formula is C5H14OSi. The first-order valence-corrected chi connectivity index (χ1v) is 3.66. The molecule has 0 aliphatic rings. The third-order valence-electron chi connectivity index (χ3n) is 0.224. The molecule has 0 unspecified atom stereocenters. The minimum absolute atomic E-state index is 0.319. The SMILES string of the molecule is C=C[SiH3].CCCO. The third-order valence-corrected chi connectivity index (χ3v) is 0.224. The summed E-state index contributed by atoms with van der Waals surface area (Å²) in [7, 11) is 1.13. The van der Waals surface area contributed by atoms with Gasteiger partial charge in [0.15, 0.2) is 0 Å². The Bertz CT molecular complexity index is 27.3. The molecule has 7 heavy (non-hydrogen) atoms. The van der Waals surface area contributed by atoms with Crippen molar-refractivity contribution in [2.45, 2.75) is 13.3 Å². The van der Waals surface area contributed by atoms with Crippen LogP contribution in [0.3, 0.4) is 0 Å². The summed E-state index contributed by atoms with van der Waals surface area (Å²) in [5, 5.41) is 7.88. The van der Waals surface area contributed by atoms with Gasteiger partial charge in [-0.05, 0) is 6.42 Å². The van der Waals surface area contributed by atoms with Crippen molar-refractivity contribution < 1.29 is 5.11 Å². The van der Waals surface area contributed by atoms with Crippen LogP contribution in [0.2, 0.25) is 0 Å². The molecular weight excluding hydrogens is 104 g/mol. The summed E-state index contributed by atoms with van der Waals surface area (Å²) >= 11 is 0. The highest BCUT2D eigenvalue weighted by atomic mass is 28.1. The molecule has 2 heteroatoms. The molecule has 44 valence electrons. The second-order valence-corrected chi connectivity index (χ2v) is 1.95. The topological polar surface area (TPSA) is 20.2 Å². The van der Waals surface area contributed by atoms with E-state index in [1.807, 2.05) is 12.6 Å². The maximum absolute atomic E-state index is 7.88. The predicted molar refractivity (Wildman–Crippen MR) is 37.5 cm³/mol. The fourth-order valence-corrected chi connectivity index (χ4v) is 0. The highest BCUT2D eigenvalue weighted by molar-refractivity contribution is 6.16. The molecule has 0 saturated carbocycles. The number of rotatable bonds is 1. The van der Waals surface area contributed by atoms with Crippen LogP contribution in [0.1, 0.15) is 13.3 Å². The number of aliphatic hydroxyl groups is 1. The summed E-state index contributed by atoms with van der Waals surface area (Å²) in [6, 6.07) is 0. The van der Waals surface area contributed by atoms with E-state index in [1.54, 1.807) is 0 Å². The smallest absolute Gasteiger partial charge is 0.0428 e. The summed E-state index contributed by atoms with van der Waals surface area (Å²) in [4.78, 5) is 0. The summed E-state index contributed by atoms with van der Waals surface area (Å²) in [6.45, 7) is 5.67. The summed E-state index contributed by atoms with van der Waals surface area (Å²) in [5.74, 6) is 0. The van der Waals surface area contributed by atoms with Crippen molar-refractivity contribution in [3.05, 3.63) is 12.3 Å². The van der Waals surface area contributed by atoms with Gasteiger partial charge in [-0.3, -0.25) is 0 Å². The average Bonchev–Trinajstić information content (AvgIpc) is 1.69. The van der Waals surface area contributed by atoms with Crippen LogP contribution >= 0.6 is 0 Å². The van der Waals surface area contributed by atoms with Crippen LogP contribution in [-0.4, -0.2) is 22.0 Å². The van der Waals surface area contributed by atoms with E-state index in [4.69, 9.17) is 5.11 Å². The van der Waals surface area contributed by atoms with Gasteiger partial charge >= 0.3 is 0 Å². The van der Waals surface area contributed by atoms with Crippen LogP contribution in [0.15, 0.2) is 12.3 Å². The van der Waals surface area contributed by atoms with Crippen molar-refractivity contribution in [1.29, 1.82) is 0 Å². The van der Waals surface area contributed by atoms with E-state index >= 15 is 0 Å². The average molecular weight is 118 g/mol. The van der Waals surface area contributed by atoms with Gasteiger partial charge in [-0.2, -0.15) is 0 Å². The van der Waals surface area contributed by atoms with Gasteiger partial charge in [-0.15, -0.1) is 12.3 Å². The molecule has 0 aliphatic carbocycles. The highest BCUT2D eigenvalue weighted by Crippen LogP contribution is 1.61. The van der Waals surface area contributed by atoms with Gasteiger partial charge in [0.1, 0.15) is 0 Å². The number of hydrogen-bond donors (Lipinski definition) is 1. The Hall–Kier alpha value is -0.0831. The van der Waals surface area contributed by atoms with Gasteiger partial charge in [0.05, 0.1) is 0 Å². The fraction of sp³-hybridized carbons (Fsp3) is 0.600. The lowest BCUT2D eigenvalue weighted by molar-refractivity contribution is 0.295. The van der Waals surface area contributed by atoms with E-state index in [1.165, 1.54) is 0 Å². The molecule has 1 nitrogen and oxygen atoms in total. The summed E-state index contributed by atoms with van der Waals surface area (Å²) in [5.41, 5.74) is 1.89. The Kier molecular flexibility index (Phi) is 24.1. The molecule has 0 aliphatic heterocycles. The van der Waals surface area contributed by atoms with Crippen LogP contribution in [0.5, 0.6) is 0 Å². The quantitative estimate of drug-likeness (QED) is 0.476. The standard InChI is InChI=1S/C3H8O.C2H6Si/c1-2-3-4;1-2-3/h4H,2-3H2,1H3;2H,1H2,3H3. The van der Waals surface area contributed by atoms with Crippen LogP contribution in [0.4, 0.5) is 0 Å². The first-order valence-electron chi connectivity index (χ1n) is 2.51. The Balaban J connectivity index is 0. The minimum atomic E-state index is 0.319. The molecule has 0 fully saturated rings. The van der Waals surface area contributed by atoms with E-state index < -0.39 is 0 Å². The van der Waals surface area contributed by atoms with E-state index in [2.05, 4.69) is 6.58 Å². The maximum atomic E-state index is 7.88. The first kappa shape index (κ1) is 10.0. The third kappa shape index (κ3) is 108. The Labute approximate surface area is 48.5 Å². The molecule has 0 amide bonds. The molecule has 0 atom stereocenters. The Morgan fingerprint density at radius 3 is 2.00 bits per heavy atom. The zero-order valence-electron chi connectivity index (χ0n) is 5.15. The highest BCUT2D eigenvalue weighted by Gasteiger charge is 1.57. The van der Waals surface area contributed by atoms with Gasteiger partial charge < -0.3 is 5.11 Å². The Morgan fingerprint density at radius 1 is 1.86 bits per heavy atom. The molecule has 1 N–H and O–H groups in total. The van der Waals surface area contributed by atoms with E-state index in [-0.39, 0.29) is 0 Å². The summed E-state index contributed by atoms with van der Waals surface area (Å²) in [6.07, 6.45) is 0.875. The Morgan fingerprint density at radius 2 is 2.00 bits per heavy atom. The molecule has 0 radical (unpaired) electrons. The predicted octanol–water partition coefficient (Wildman–Crippen LogP) is -0.116. The number of hydrogen-bond acceptors (Lipinski definition) is 1. The first-order chi connectivity index (χ1) is 3.33. The second-order valence-electron chi connectivity index (χ2n) is 1.13. The molecule has 0 aromatic rings. The molecule has 0 aromatic heterocycles. The van der Waals surface area contributed by atoms with E-state index in [0.717, 1.165) is 16.7 Å². The van der Waals surface area contributed by atoms with Crippen LogP contribution in [-0.2, 0) is 0 Å². The van der Waals surface area contributed by atoms with Gasteiger partial charge in [-0.1, -0.05) is 6.92 Å². The van der Waals surface area contributed by atoms with Crippen molar-refractivity contribution >= 4 is 10.2 Å². The van der Waals surface area contributed by atoms with Crippen LogP contribution in [0, 0.1) is 0 Å². The van der Waals surface area contributed by atoms with E-state index in [9.17, 15) is 0 Å². The van der Waals surface area contributed by atoms with Gasteiger partial charge in [-0.25, -0.2) is 0 Å². The molecule has 0 bridgehead atoms. The van der Waals surface area contributed by atoms with E-state index in [0.29, 0.717) is 6.61 Å².